The normalized spacial score (nSPS) is 25.2. The topological polar surface area (TPSA) is 74.8 Å². The highest BCUT2D eigenvalue weighted by atomic mass is 35.5. The minimum Gasteiger partial charge on any atom is -0.332 e. The number of rotatable bonds is 4. The highest BCUT2D eigenvalue weighted by Crippen LogP contribution is 2.23. The summed E-state index contributed by atoms with van der Waals surface area (Å²) in [5.74, 6) is 0.680. The Morgan fingerprint density at radius 1 is 1.44 bits per heavy atom. The summed E-state index contributed by atoms with van der Waals surface area (Å²) in [4.78, 5) is 6.82. The molecule has 18 heavy (non-hydrogen) atoms. The van der Waals surface area contributed by atoms with Crippen LogP contribution in [0, 0.1) is 0 Å². The number of H-pyrrole nitrogens is 1. The molecule has 0 aliphatic heterocycles. The summed E-state index contributed by atoms with van der Waals surface area (Å²) >= 11 is 6.00. The second-order valence-electron chi connectivity index (χ2n) is 4.62. The van der Waals surface area contributed by atoms with E-state index in [0.717, 1.165) is 25.7 Å². The van der Waals surface area contributed by atoms with Crippen LogP contribution in [-0.2, 0) is 16.4 Å². The summed E-state index contributed by atoms with van der Waals surface area (Å²) in [5.41, 5.74) is 0. The van der Waals surface area contributed by atoms with Crippen LogP contribution in [-0.4, -0.2) is 29.8 Å². The predicted molar refractivity (Wildman–Crippen MR) is 70.2 cm³/mol. The number of hydrogen-bond acceptors (Lipinski definition) is 3. The molecule has 2 N–H and O–H groups in total. The van der Waals surface area contributed by atoms with Gasteiger partial charge in [-0.2, -0.15) is 0 Å². The zero-order valence-electron chi connectivity index (χ0n) is 10.3. The fraction of sp³-hybridized carbons (Fsp3) is 0.727. The first-order valence-corrected chi connectivity index (χ1v) is 8.13. The average molecular weight is 292 g/mol. The van der Waals surface area contributed by atoms with Crippen molar-refractivity contribution < 1.29 is 8.42 Å². The Hall–Kier alpha value is -0.590. The van der Waals surface area contributed by atoms with Crippen LogP contribution >= 0.6 is 11.6 Å². The number of aromatic nitrogens is 2. The second kappa shape index (κ2) is 5.59. The first kappa shape index (κ1) is 13.8. The van der Waals surface area contributed by atoms with E-state index in [1.54, 1.807) is 0 Å². The van der Waals surface area contributed by atoms with E-state index < -0.39 is 10.0 Å². The molecule has 0 amide bonds. The molecule has 0 radical (unpaired) electrons. The molecule has 2 rings (SSSR count). The molecule has 1 saturated carbocycles. The van der Waals surface area contributed by atoms with E-state index in [1.807, 2.05) is 6.92 Å². The molecule has 0 spiro atoms. The van der Waals surface area contributed by atoms with Gasteiger partial charge < -0.3 is 4.98 Å². The standard InChI is InChI=1S/C11H18ClN3O2S/c1-2-10-13-7-11(14-10)18(16,17)15-9-5-3-8(12)4-6-9/h7-9,15H,2-6H2,1H3,(H,13,14). The van der Waals surface area contributed by atoms with Crippen LogP contribution in [0.3, 0.4) is 0 Å². The maximum atomic E-state index is 12.1. The van der Waals surface area contributed by atoms with Gasteiger partial charge in [0.1, 0.15) is 5.82 Å². The smallest absolute Gasteiger partial charge is 0.257 e. The van der Waals surface area contributed by atoms with E-state index >= 15 is 0 Å². The molecule has 0 aromatic carbocycles. The van der Waals surface area contributed by atoms with Gasteiger partial charge in [-0.3, -0.25) is 0 Å². The van der Waals surface area contributed by atoms with Crippen molar-refractivity contribution in [2.45, 2.75) is 55.5 Å². The van der Waals surface area contributed by atoms with Crippen molar-refractivity contribution in [1.29, 1.82) is 0 Å². The van der Waals surface area contributed by atoms with Crippen LogP contribution < -0.4 is 4.72 Å². The Morgan fingerprint density at radius 3 is 2.67 bits per heavy atom. The van der Waals surface area contributed by atoms with Gasteiger partial charge in [-0.05, 0) is 25.7 Å². The summed E-state index contributed by atoms with van der Waals surface area (Å²) in [5, 5.41) is 0.331. The van der Waals surface area contributed by atoms with Crippen LogP contribution in [0.1, 0.15) is 38.4 Å². The summed E-state index contributed by atoms with van der Waals surface area (Å²) < 4.78 is 26.9. The molecule has 1 fully saturated rings. The molecule has 1 aliphatic rings. The number of aromatic amines is 1. The molecule has 0 saturated heterocycles. The molecule has 1 aromatic heterocycles. The molecule has 5 nitrogen and oxygen atoms in total. The number of alkyl halides is 1. The number of halogens is 1. The number of aryl methyl sites for hydroxylation is 1. The zero-order chi connectivity index (χ0) is 13.2. The maximum absolute atomic E-state index is 12.1. The second-order valence-corrected chi connectivity index (χ2v) is 6.92. The molecular formula is C11H18ClN3O2S. The summed E-state index contributed by atoms with van der Waals surface area (Å²) in [7, 11) is -3.48. The van der Waals surface area contributed by atoms with E-state index in [2.05, 4.69) is 14.7 Å². The zero-order valence-corrected chi connectivity index (χ0v) is 11.9. The number of imidazole rings is 1. The molecule has 1 heterocycles. The van der Waals surface area contributed by atoms with Gasteiger partial charge in [0.05, 0.1) is 6.20 Å². The van der Waals surface area contributed by atoms with Gasteiger partial charge in [-0.25, -0.2) is 18.1 Å². The number of sulfonamides is 1. The molecule has 7 heteroatoms. The number of nitrogens with one attached hydrogen (secondary N) is 2. The van der Waals surface area contributed by atoms with Crippen molar-refractivity contribution >= 4 is 21.6 Å². The number of hydrogen-bond donors (Lipinski definition) is 2. The predicted octanol–water partition coefficient (Wildman–Crippen LogP) is 1.80. The fourth-order valence-electron chi connectivity index (χ4n) is 2.11. The molecule has 0 bridgehead atoms. The largest absolute Gasteiger partial charge is 0.332 e. The lowest BCUT2D eigenvalue weighted by Crippen LogP contribution is -2.37. The number of nitrogens with zero attached hydrogens (tertiary/aromatic N) is 1. The Morgan fingerprint density at radius 2 is 2.11 bits per heavy atom. The van der Waals surface area contributed by atoms with Crippen LogP contribution in [0.15, 0.2) is 11.2 Å². The van der Waals surface area contributed by atoms with Gasteiger partial charge in [0.25, 0.3) is 10.0 Å². The lowest BCUT2D eigenvalue weighted by molar-refractivity contribution is 0.416. The third kappa shape index (κ3) is 3.24. The summed E-state index contributed by atoms with van der Waals surface area (Å²) in [6.07, 6.45) is 5.36. The molecule has 0 atom stereocenters. The highest BCUT2D eigenvalue weighted by Gasteiger charge is 2.25. The minimum atomic E-state index is -3.48. The van der Waals surface area contributed by atoms with Crippen molar-refractivity contribution in [2.75, 3.05) is 0 Å². The summed E-state index contributed by atoms with van der Waals surface area (Å²) in [6, 6.07) is -0.0154. The van der Waals surface area contributed by atoms with Gasteiger partial charge in [-0.15, -0.1) is 11.6 Å². The summed E-state index contributed by atoms with van der Waals surface area (Å²) in [6.45, 7) is 1.92. The van der Waals surface area contributed by atoms with Crippen molar-refractivity contribution in [1.82, 2.24) is 14.7 Å². The third-order valence-electron chi connectivity index (χ3n) is 3.21. The Balaban J connectivity index is 2.03. The highest BCUT2D eigenvalue weighted by molar-refractivity contribution is 7.89. The van der Waals surface area contributed by atoms with Gasteiger partial charge in [0, 0.05) is 17.8 Å². The van der Waals surface area contributed by atoms with Gasteiger partial charge in [0.15, 0.2) is 5.03 Å². The van der Waals surface area contributed by atoms with Crippen LogP contribution in [0.4, 0.5) is 0 Å². The van der Waals surface area contributed by atoms with Crippen molar-refractivity contribution in [3.63, 3.8) is 0 Å². The van der Waals surface area contributed by atoms with Crippen LogP contribution in [0.2, 0.25) is 0 Å². The lowest BCUT2D eigenvalue weighted by atomic mass is 9.96. The Labute approximate surface area is 112 Å². The van der Waals surface area contributed by atoms with Crippen molar-refractivity contribution in [3.8, 4) is 0 Å². The molecule has 0 unspecified atom stereocenters. The SMILES string of the molecule is CCc1ncc(S(=O)(=O)NC2CCC(Cl)CC2)[nH]1. The van der Waals surface area contributed by atoms with Gasteiger partial charge in [-0.1, -0.05) is 6.92 Å². The molecular weight excluding hydrogens is 274 g/mol. The van der Waals surface area contributed by atoms with Crippen LogP contribution in [0.5, 0.6) is 0 Å². The van der Waals surface area contributed by atoms with E-state index in [9.17, 15) is 8.42 Å². The van der Waals surface area contributed by atoms with E-state index in [4.69, 9.17) is 11.6 Å². The molecule has 1 aliphatic carbocycles. The minimum absolute atomic E-state index is 0.0154. The van der Waals surface area contributed by atoms with Gasteiger partial charge >= 0.3 is 0 Å². The first-order valence-electron chi connectivity index (χ1n) is 6.21. The van der Waals surface area contributed by atoms with Crippen molar-refractivity contribution in [3.05, 3.63) is 12.0 Å². The maximum Gasteiger partial charge on any atom is 0.257 e. The molecule has 1 aromatic rings. The third-order valence-corrected chi connectivity index (χ3v) is 5.07. The average Bonchev–Trinajstić information content (AvgIpc) is 2.81. The molecule has 102 valence electrons. The van der Waals surface area contributed by atoms with Crippen molar-refractivity contribution in [2.24, 2.45) is 0 Å². The van der Waals surface area contributed by atoms with E-state index in [0.29, 0.717) is 12.2 Å². The lowest BCUT2D eigenvalue weighted by Gasteiger charge is -2.25. The fourth-order valence-corrected chi connectivity index (χ4v) is 3.61. The monoisotopic (exact) mass is 291 g/mol. The van der Waals surface area contributed by atoms with E-state index in [1.165, 1.54) is 6.20 Å². The first-order chi connectivity index (χ1) is 8.51. The van der Waals surface area contributed by atoms with Crippen LogP contribution in [0.25, 0.3) is 0 Å². The van der Waals surface area contributed by atoms with Gasteiger partial charge in [0.2, 0.25) is 0 Å². The quantitative estimate of drug-likeness (QED) is 0.831. The Kier molecular flexibility index (Phi) is 4.29. The Bertz CT molecular complexity index is 492. The van der Waals surface area contributed by atoms with E-state index in [-0.39, 0.29) is 16.4 Å².